The Morgan fingerprint density at radius 3 is 2.28 bits per heavy atom. The van der Waals surface area contributed by atoms with Crippen LogP contribution in [0.4, 0.5) is 0 Å². The second kappa shape index (κ2) is 11.9. The molecule has 0 spiro atoms. The highest BCUT2D eigenvalue weighted by Gasteiger charge is 2.32. The Morgan fingerprint density at radius 1 is 0.949 bits per heavy atom. The molecule has 5 rings (SSSR count). The molecule has 1 heterocycles. The van der Waals surface area contributed by atoms with Crippen molar-refractivity contribution in [1.29, 1.82) is 0 Å². The van der Waals surface area contributed by atoms with Gasteiger partial charge in [0.2, 0.25) is 11.8 Å². The van der Waals surface area contributed by atoms with Crippen LogP contribution in [0.2, 0.25) is 0 Å². The first-order valence-electron chi connectivity index (χ1n) is 13.2. The van der Waals surface area contributed by atoms with Crippen LogP contribution in [0.15, 0.2) is 84.0 Å². The Hall–Kier alpha value is -4.46. The molecule has 1 fully saturated rings. The lowest BCUT2D eigenvalue weighted by Crippen LogP contribution is -2.36. The number of ether oxygens (including phenoxy) is 1. The first-order chi connectivity index (χ1) is 19.0. The summed E-state index contributed by atoms with van der Waals surface area (Å²) in [5.74, 6) is -0.799. The first-order valence-corrected chi connectivity index (χ1v) is 13.2. The largest absolute Gasteiger partial charge is 0.478 e. The summed E-state index contributed by atoms with van der Waals surface area (Å²) in [6.45, 7) is 0.584. The smallest absolute Gasteiger partial charge is 0.335 e. The van der Waals surface area contributed by atoms with E-state index in [2.05, 4.69) is 10.4 Å². The minimum absolute atomic E-state index is 0.0302. The molecular weight excluding hydrogens is 494 g/mol. The van der Waals surface area contributed by atoms with Crippen molar-refractivity contribution < 1.29 is 24.2 Å². The molecule has 0 radical (unpaired) electrons. The van der Waals surface area contributed by atoms with Crippen molar-refractivity contribution in [1.82, 2.24) is 10.3 Å². The zero-order valence-electron chi connectivity index (χ0n) is 21.6. The fourth-order valence-electron chi connectivity index (χ4n) is 5.24. The Bertz CT molecular complexity index is 1350. The molecule has 39 heavy (non-hydrogen) atoms. The Morgan fingerprint density at radius 2 is 1.62 bits per heavy atom. The maximum atomic E-state index is 13.4. The SMILES string of the molecule is O=C(O)c1ccc(CNC(=O)C(c2ccc(CN3N=C(c4ccccc4)OCC3=O)cc2)C2CCCC2)cc1. The number of carboxylic acid groups (broad SMARTS) is 1. The van der Waals surface area contributed by atoms with Gasteiger partial charge in [-0.2, -0.15) is 0 Å². The van der Waals surface area contributed by atoms with Crippen LogP contribution in [0.1, 0.15) is 64.2 Å². The molecule has 2 N–H and O–H groups in total. The molecule has 0 bridgehead atoms. The number of nitrogens with zero attached hydrogens (tertiary/aromatic N) is 2. The molecule has 3 aromatic rings. The third-order valence-corrected chi connectivity index (χ3v) is 7.35. The number of hydrogen-bond donors (Lipinski definition) is 2. The van der Waals surface area contributed by atoms with Crippen molar-refractivity contribution in [2.45, 2.75) is 44.7 Å². The number of aromatic carboxylic acids is 1. The molecule has 1 saturated carbocycles. The van der Waals surface area contributed by atoms with Crippen molar-refractivity contribution in [3.8, 4) is 0 Å². The number of carbonyl (C=O) groups excluding carboxylic acids is 2. The zero-order valence-corrected chi connectivity index (χ0v) is 21.6. The van der Waals surface area contributed by atoms with E-state index in [-0.39, 0.29) is 35.8 Å². The molecule has 3 aromatic carbocycles. The molecule has 1 aliphatic heterocycles. The van der Waals surface area contributed by atoms with Gasteiger partial charge >= 0.3 is 5.97 Å². The highest BCUT2D eigenvalue weighted by atomic mass is 16.5. The summed E-state index contributed by atoms with van der Waals surface area (Å²) in [6.07, 6.45) is 4.24. The Balaban J connectivity index is 1.28. The summed E-state index contributed by atoms with van der Waals surface area (Å²) >= 11 is 0. The van der Waals surface area contributed by atoms with E-state index in [0.29, 0.717) is 19.0 Å². The van der Waals surface area contributed by atoms with Gasteiger partial charge in [0.15, 0.2) is 6.61 Å². The van der Waals surface area contributed by atoms with Crippen LogP contribution < -0.4 is 5.32 Å². The van der Waals surface area contributed by atoms with Crippen LogP contribution in [-0.4, -0.2) is 40.4 Å². The zero-order chi connectivity index (χ0) is 27.2. The average molecular weight is 526 g/mol. The quantitative estimate of drug-likeness (QED) is 0.421. The van der Waals surface area contributed by atoms with Crippen LogP contribution in [0.3, 0.4) is 0 Å². The van der Waals surface area contributed by atoms with E-state index < -0.39 is 5.97 Å². The van der Waals surface area contributed by atoms with E-state index in [4.69, 9.17) is 9.84 Å². The predicted octanol–water partition coefficient (Wildman–Crippen LogP) is 4.70. The van der Waals surface area contributed by atoms with Crippen molar-refractivity contribution in [2.75, 3.05) is 6.61 Å². The van der Waals surface area contributed by atoms with Gasteiger partial charge in [-0.1, -0.05) is 67.4 Å². The molecule has 0 aromatic heterocycles. The van der Waals surface area contributed by atoms with Gasteiger partial charge in [0.1, 0.15) is 0 Å². The number of amides is 2. The average Bonchev–Trinajstić information content (AvgIpc) is 3.49. The molecule has 0 saturated heterocycles. The van der Waals surface area contributed by atoms with E-state index in [9.17, 15) is 14.4 Å². The van der Waals surface area contributed by atoms with Crippen molar-refractivity contribution >= 4 is 23.7 Å². The maximum Gasteiger partial charge on any atom is 0.335 e. The van der Waals surface area contributed by atoms with E-state index >= 15 is 0 Å². The number of benzene rings is 3. The topological polar surface area (TPSA) is 108 Å². The van der Waals surface area contributed by atoms with E-state index in [1.165, 1.54) is 5.01 Å². The Labute approximate surface area is 227 Å². The van der Waals surface area contributed by atoms with Gasteiger partial charge < -0.3 is 15.2 Å². The van der Waals surface area contributed by atoms with Crippen LogP contribution in [0, 0.1) is 5.92 Å². The summed E-state index contributed by atoms with van der Waals surface area (Å²) < 4.78 is 5.54. The van der Waals surface area contributed by atoms with E-state index in [1.807, 2.05) is 54.6 Å². The summed E-state index contributed by atoms with van der Waals surface area (Å²) in [5, 5.41) is 18.0. The lowest BCUT2D eigenvalue weighted by Gasteiger charge is -2.25. The molecule has 200 valence electrons. The van der Waals surface area contributed by atoms with Crippen LogP contribution in [-0.2, 0) is 27.4 Å². The fraction of sp³-hybridized carbons (Fsp3) is 0.290. The van der Waals surface area contributed by atoms with Gasteiger partial charge in [0.25, 0.3) is 5.91 Å². The molecule has 1 unspecified atom stereocenters. The van der Waals surface area contributed by atoms with Crippen LogP contribution in [0.5, 0.6) is 0 Å². The van der Waals surface area contributed by atoms with Crippen LogP contribution >= 0.6 is 0 Å². The van der Waals surface area contributed by atoms with Crippen LogP contribution in [0.25, 0.3) is 0 Å². The van der Waals surface area contributed by atoms with Gasteiger partial charge in [0, 0.05) is 12.1 Å². The van der Waals surface area contributed by atoms with E-state index in [1.54, 1.807) is 24.3 Å². The van der Waals surface area contributed by atoms with Gasteiger partial charge in [-0.3, -0.25) is 9.59 Å². The summed E-state index contributed by atoms with van der Waals surface area (Å²) in [7, 11) is 0. The van der Waals surface area contributed by atoms with Gasteiger partial charge in [-0.25, -0.2) is 9.80 Å². The summed E-state index contributed by atoms with van der Waals surface area (Å²) in [5.41, 5.74) is 3.74. The predicted molar refractivity (Wildman–Crippen MR) is 146 cm³/mol. The number of hydrazone groups is 1. The third kappa shape index (κ3) is 6.34. The monoisotopic (exact) mass is 525 g/mol. The molecule has 1 atom stereocenters. The number of carbonyl (C=O) groups is 3. The van der Waals surface area contributed by atoms with Gasteiger partial charge in [-0.15, -0.1) is 5.10 Å². The van der Waals surface area contributed by atoms with Crippen molar-refractivity contribution in [3.05, 3.63) is 107 Å². The fourth-order valence-corrected chi connectivity index (χ4v) is 5.24. The number of carboxylic acids is 1. The normalized spacial score (nSPS) is 16.4. The van der Waals surface area contributed by atoms with Gasteiger partial charge in [0.05, 0.1) is 18.0 Å². The lowest BCUT2D eigenvalue weighted by molar-refractivity contribution is -0.136. The summed E-state index contributed by atoms with van der Waals surface area (Å²) in [6, 6.07) is 23.9. The highest BCUT2D eigenvalue weighted by molar-refractivity contribution is 5.98. The second-order valence-electron chi connectivity index (χ2n) is 9.99. The molecule has 2 amide bonds. The third-order valence-electron chi connectivity index (χ3n) is 7.35. The summed E-state index contributed by atoms with van der Waals surface area (Å²) in [4.78, 5) is 37.0. The van der Waals surface area contributed by atoms with E-state index in [0.717, 1.165) is 47.9 Å². The van der Waals surface area contributed by atoms with Gasteiger partial charge in [-0.05, 0) is 59.7 Å². The highest BCUT2D eigenvalue weighted by Crippen LogP contribution is 2.37. The minimum Gasteiger partial charge on any atom is -0.478 e. The number of nitrogens with one attached hydrogen (secondary N) is 1. The molecular formula is C31H31N3O5. The molecule has 8 heteroatoms. The Kier molecular flexibility index (Phi) is 8.01. The standard InChI is InChI=1S/C31H31N3O5/c35-27-20-39-30(25-8-2-1-3-9-25)33-34(27)19-22-12-14-24(15-13-22)28(23-6-4-5-7-23)29(36)32-18-21-10-16-26(17-11-21)31(37)38/h1-3,8-17,23,28H,4-7,18-20H2,(H,32,36)(H,37,38). The lowest BCUT2D eigenvalue weighted by atomic mass is 9.83. The minimum atomic E-state index is -0.975. The second-order valence-corrected chi connectivity index (χ2v) is 9.99. The molecule has 1 aliphatic carbocycles. The number of rotatable bonds is 9. The van der Waals surface area contributed by atoms with Crippen molar-refractivity contribution in [3.63, 3.8) is 0 Å². The number of hydrogen-bond acceptors (Lipinski definition) is 5. The maximum absolute atomic E-state index is 13.4. The van der Waals surface area contributed by atoms with Crippen molar-refractivity contribution in [2.24, 2.45) is 11.0 Å². The first kappa shape index (κ1) is 26.2. The molecule has 8 nitrogen and oxygen atoms in total. The molecule has 2 aliphatic rings.